The molecule has 0 saturated carbocycles. The first-order valence-electron chi connectivity index (χ1n) is 7.16. The Bertz CT molecular complexity index is 642. The topological polar surface area (TPSA) is 32.3 Å². The van der Waals surface area contributed by atoms with Crippen LogP contribution < -0.4 is 10.2 Å². The van der Waals surface area contributed by atoms with Gasteiger partial charge in [-0.25, -0.2) is 9.18 Å². The van der Waals surface area contributed by atoms with Gasteiger partial charge in [0.1, 0.15) is 5.82 Å². The summed E-state index contributed by atoms with van der Waals surface area (Å²) < 4.78 is 13.4. The maximum absolute atomic E-state index is 13.4. The van der Waals surface area contributed by atoms with E-state index in [-0.39, 0.29) is 11.8 Å². The lowest BCUT2D eigenvalue weighted by Crippen LogP contribution is -2.35. The highest BCUT2D eigenvalue weighted by atomic mass is 19.1. The molecule has 0 spiro atoms. The van der Waals surface area contributed by atoms with E-state index >= 15 is 0 Å². The molecule has 3 rings (SSSR count). The fraction of sp³-hybridized carbons (Fsp3) is 0.235. The maximum Gasteiger partial charge on any atom is 0.326 e. The van der Waals surface area contributed by atoms with Gasteiger partial charge in [-0.1, -0.05) is 18.2 Å². The van der Waals surface area contributed by atoms with Gasteiger partial charge in [-0.05, 0) is 55.2 Å². The monoisotopic (exact) mass is 284 g/mol. The highest BCUT2D eigenvalue weighted by Gasteiger charge is 2.21. The standard InChI is InChI=1S/C17H17FN2O/c18-14-9-10-16-13(12-14)6-4-5-11-20(16)17(21)19-15-7-2-1-3-8-15/h1-3,7-10,12H,4-6,11H2,(H,19,21). The number of benzene rings is 2. The number of aryl methyl sites for hydroxylation is 1. The molecule has 1 heterocycles. The molecular formula is C17H17FN2O. The van der Waals surface area contributed by atoms with Crippen molar-refractivity contribution in [3.63, 3.8) is 0 Å². The van der Waals surface area contributed by atoms with Crippen molar-refractivity contribution in [2.45, 2.75) is 19.3 Å². The fourth-order valence-electron chi connectivity index (χ4n) is 2.65. The summed E-state index contributed by atoms with van der Waals surface area (Å²) in [5, 5.41) is 2.89. The number of nitrogens with one attached hydrogen (secondary N) is 1. The lowest BCUT2D eigenvalue weighted by atomic mass is 10.1. The second kappa shape index (κ2) is 5.95. The lowest BCUT2D eigenvalue weighted by molar-refractivity contribution is 0.257. The molecule has 0 aliphatic carbocycles. The summed E-state index contributed by atoms with van der Waals surface area (Å²) in [7, 11) is 0. The fourth-order valence-corrected chi connectivity index (χ4v) is 2.65. The van der Waals surface area contributed by atoms with E-state index in [9.17, 15) is 9.18 Å². The number of fused-ring (bicyclic) bond motifs is 1. The number of amides is 2. The Morgan fingerprint density at radius 3 is 2.71 bits per heavy atom. The van der Waals surface area contributed by atoms with E-state index in [1.54, 1.807) is 11.0 Å². The van der Waals surface area contributed by atoms with Gasteiger partial charge in [0.2, 0.25) is 0 Å². The van der Waals surface area contributed by atoms with Crippen LogP contribution in [0.2, 0.25) is 0 Å². The predicted octanol–water partition coefficient (Wildman–Crippen LogP) is 4.20. The third kappa shape index (κ3) is 3.05. The molecule has 0 atom stereocenters. The predicted molar refractivity (Wildman–Crippen MR) is 82.1 cm³/mol. The average molecular weight is 284 g/mol. The third-order valence-corrected chi connectivity index (χ3v) is 3.68. The van der Waals surface area contributed by atoms with E-state index in [1.165, 1.54) is 12.1 Å². The van der Waals surface area contributed by atoms with Crippen LogP contribution in [0.1, 0.15) is 18.4 Å². The van der Waals surface area contributed by atoms with Crippen LogP contribution in [-0.4, -0.2) is 12.6 Å². The summed E-state index contributed by atoms with van der Waals surface area (Å²) in [6, 6.07) is 13.8. The van der Waals surface area contributed by atoms with Crippen LogP contribution in [0, 0.1) is 5.82 Å². The molecule has 0 fully saturated rings. The van der Waals surface area contributed by atoms with Crippen molar-refractivity contribution in [2.75, 3.05) is 16.8 Å². The van der Waals surface area contributed by atoms with Gasteiger partial charge in [0, 0.05) is 17.9 Å². The number of urea groups is 1. The molecule has 1 N–H and O–H groups in total. The minimum atomic E-state index is -0.251. The van der Waals surface area contributed by atoms with Crippen molar-refractivity contribution < 1.29 is 9.18 Å². The SMILES string of the molecule is O=C(Nc1ccccc1)N1CCCCc2cc(F)ccc21. The van der Waals surface area contributed by atoms with E-state index in [1.807, 2.05) is 30.3 Å². The second-order valence-corrected chi connectivity index (χ2v) is 5.18. The zero-order chi connectivity index (χ0) is 14.7. The number of hydrogen-bond acceptors (Lipinski definition) is 1. The summed E-state index contributed by atoms with van der Waals surface area (Å²) in [6.07, 6.45) is 2.69. The van der Waals surface area contributed by atoms with Crippen LogP contribution in [0.4, 0.5) is 20.6 Å². The van der Waals surface area contributed by atoms with Gasteiger partial charge in [0.25, 0.3) is 0 Å². The van der Waals surface area contributed by atoms with Crippen molar-refractivity contribution in [1.82, 2.24) is 0 Å². The first kappa shape index (κ1) is 13.6. The molecule has 2 aromatic rings. The molecule has 0 saturated heterocycles. The van der Waals surface area contributed by atoms with Crippen molar-refractivity contribution in [1.29, 1.82) is 0 Å². The molecule has 0 bridgehead atoms. The van der Waals surface area contributed by atoms with Crippen LogP contribution in [0.5, 0.6) is 0 Å². The largest absolute Gasteiger partial charge is 0.326 e. The summed E-state index contributed by atoms with van der Waals surface area (Å²) in [6.45, 7) is 0.650. The number of carbonyl (C=O) groups is 1. The second-order valence-electron chi connectivity index (χ2n) is 5.18. The number of para-hydroxylation sites is 1. The van der Waals surface area contributed by atoms with Crippen molar-refractivity contribution >= 4 is 17.4 Å². The Hall–Kier alpha value is -2.36. The molecule has 4 heteroatoms. The highest BCUT2D eigenvalue weighted by Crippen LogP contribution is 2.27. The minimum Gasteiger partial charge on any atom is -0.308 e. The Labute approximate surface area is 123 Å². The number of anilines is 2. The molecule has 1 aliphatic heterocycles. The Balaban J connectivity index is 1.86. The molecule has 0 aromatic heterocycles. The van der Waals surface area contributed by atoms with Crippen LogP contribution in [-0.2, 0) is 6.42 Å². The number of rotatable bonds is 1. The Morgan fingerprint density at radius 1 is 1.10 bits per heavy atom. The molecule has 2 amide bonds. The Morgan fingerprint density at radius 2 is 1.90 bits per heavy atom. The molecule has 2 aromatic carbocycles. The van der Waals surface area contributed by atoms with Gasteiger partial charge >= 0.3 is 6.03 Å². The number of nitrogens with zero attached hydrogens (tertiary/aromatic N) is 1. The van der Waals surface area contributed by atoms with Crippen molar-refractivity contribution in [2.24, 2.45) is 0 Å². The zero-order valence-electron chi connectivity index (χ0n) is 11.7. The first-order chi connectivity index (χ1) is 10.2. The molecule has 0 unspecified atom stereocenters. The van der Waals surface area contributed by atoms with E-state index in [2.05, 4.69) is 5.32 Å². The lowest BCUT2D eigenvalue weighted by Gasteiger charge is -2.23. The minimum absolute atomic E-state index is 0.170. The summed E-state index contributed by atoms with van der Waals surface area (Å²) in [5.41, 5.74) is 2.47. The quantitative estimate of drug-likeness (QED) is 0.836. The molecule has 0 radical (unpaired) electrons. The van der Waals surface area contributed by atoms with Gasteiger partial charge in [-0.3, -0.25) is 4.90 Å². The van der Waals surface area contributed by atoms with Gasteiger partial charge in [0.05, 0.1) is 0 Å². The smallest absolute Gasteiger partial charge is 0.308 e. The summed E-state index contributed by atoms with van der Waals surface area (Å²) in [5.74, 6) is -0.251. The average Bonchev–Trinajstić information content (AvgIpc) is 2.70. The molecular weight excluding hydrogens is 267 g/mol. The molecule has 1 aliphatic rings. The molecule has 21 heavy (non-hydrogen) atoms. The maximum atomic E-state index is 13.4. The van der Waals surface area contributed by atoms with Crippen LogP contribution in [0.15, 0.2) is 48.5 Å². The van der Waals surface area contributed by atoms with Crippen LogP contribution >= 0.6 is 0 Å². The van der Waals surface area contributed by atoms with E-state index < -0.39 is 0 Å². The number of halogens is 1. The van der Waals surface area contributed by atoms with Crippen LogP contribution in [0.25, 0.3) is 0 Å². The van der Waals surface area contributed by atoms with Gasteiger partial charge in [0.15, 0.2) is 0 Å². The summed E-state index contributed by atoms with van der Waals surface area (Å²) >= 11 is 0. The van der Waals surface area contributed by atoms with Crippen molar-refractivity contribution in [3.8, 4) is 0 Å². The normalized spacial score (nSPS) is 14.2. The third-order valence-electron chi connectivity index (χ3n) is 3.68. The van der Waals surface area contributed by atoms with E-state index in [0.717, 1.165) is 36.2 Å². The summed E-state index contributed by atoms with van der Waals surface area (Å²) in [4.78, 5) is 14.2. The Kier molecular flexibility index (Phi) is 3.86. The van der Waals surface area contributed by atoms with Gasteiger partial charge < -0.3 is 5.32 Å². The van der Waals surface area contributed by atoms with Gasteiger partial charge in [-0.15, -0.1) is 0 Å². The van der Waals surface area contributed by atoms with Gasteiger partial charge in [-0.2, -0.15) is 0 Å². The van der Waals surface area contributed by atoms with E-state index in [0.29, 0.717) is 6.54 Å². The van der Waals surface area contributed by atoms with Crippen LogP contribution in [0.3, 0.4) is 0 Å². The highest BCUT2D eigenvalue weighted by molar-refractivity contribution is 6.02. The van der Waals surface area contributed by atoms with E-state index in [4.69, 9.17) is 0 Å². The molecule has 3 nitrogen and oxygen atoms in total. The number of carbonyl (C=O) groups excluding carboxylic acids is 1. The first-order valence-corrected chi connectivity index (χ1v) is 7.16. The molecule has 108 valence electrons. The zero-order valence-corrected chi connectivity index (χ0v) is 11.7. The number of hydrogen-bond donors (Lipinski definition) is 1. The van der Waals surface area contributed by atoms with Crippen molar-refractivity contribution in [3.05, 3.63) is 59.9 Å².